The maximum absolute atomic E-state index is 13.5. The molecule has 1 aliphatic heterocycles. The van der Waals surface area contributed by atoms with Gasteiger partial charge in [-0.15, -0.1) is 0 Å². The topological polar surface area (TPSA) is 52.6 Å². The summed E-state index contributed by atoms with van der Waals surface area (Å²) in [7, 11) is 0. The van der Waals surface area contributed by atoms with Gasteiger partial charge in [0.05, 0.1) is 10.8 Å². The molecule has 1 saturated heterocycles. The standard InChI is InChI=1S/C35H56O4/c1-29(2,3)27(36)38-24-14-15-32(8)22(31(24,6)7)13-16-34(10)23(32)12-11-21-25-26-30(4,5)17-19-35(25,28(37)39-26)20-18-33(21,34)9/h21-26H,11-20H2,1-10H3/t21-,22+,23-,24+,25+,26-,32+,33-,34-,35+/m1/s1. The van der Waals surface area contributed by atoms with E-state index in [-0.39, 0.29) is 56.6 Å². The van der Waals surface area contributed by atoms with Crippen LogP contribution >= 0.6 is 0 Å². The fraction of sp³-hybridized carbons (Fsp3) is 0.943. The Morgan fingerprint density at radius 3 is 2.13 bits per heavy atom. The maximum atomic E-state index is 13.5. The fourth-order valence-corrected chi connectivity index (χ4v) is 12.3. The van der Waals surface area contributed by atoms with Gasteiger partial charge in [0.15, 0.2) is 0 Å². The molecular weight excluding hydrogens is 484 g/mol. The minimum atomic E-state index is -0.467. The number of esters is 2. The van der Waals surface area contributed by atoms with Crippen LogP contribution in [0, 0.1) is 61.6 Å². The lowest BCUT2D eigenvalue weighted by Gasteiger charge is -2.73. The molecule has 0 spiro atoms. The smallest absolute Gasteiger partial charge is 0.312 e. The van der Waals surface area contributed by atoms with Crippen molar-refractivity contribution in [3.05, 3.63) is 0 Å². The summed E-state index contributed by atoms with van der Waals surface area (Å²) in [6.07, 6.45) is 11.5. The first-order valence-electron chi connectivity index (χ1n) is 16.3. The van der Waals surface area contributed by atoms with E-state index in [0.29, 0.717) is 23.7 Å². The molecule has 220 valence electrons. The molecule has 1 heterocycles. The van der Waals surface area contributed by atoms with Crippen molar-refractivity contribution in [3.63, 3.8) is 0 Å². The monoisotopic (exact) mass is 540 g/mol. The van der Waals surface area contributed by atoms with Crippen LogP contribution in [-0.2, 0) is 19.1 Å². The summed E-state index contributed by atoms with van der Waals surface area (Å²) in [5.41, 5.74) is 0.108. The Balaban J connectivity index is 1.32. The lowest BCUT2D eigenvalue weighted by atomic mass is 9.31. The number of ether oxygens (including phenoxy) is 2. The molecule has 5 aliphatic carbocycles. The highest BCUT2D eigenvalue weighted by molar-refractivity contribution is 5.81. The van der Waals surface area contributed by atoms with Crippen molar-refractivity contribution < 1.29 is 19.1 Å². The maximum Gasteiger partial charge on any atom is 0.312 e. The van der Waals surface area contributed by atoms with E-state index in [1.807, 2.05) is 20.8 Å². The first-order chi connectivity index (χ1) is 17.8. The van der Waals surface area contributed by atoms with Crippen molar-refractivity contribution in [3.8, 4) is 0 Å². The third-order valence-corrected chi connectivity index (χ3v) is 14.9. The zero-order chi connectivity index (χ0) is 28.6. The van der Waals surface area contributed by atoms with Crippen LogP contribution in [0.25, 0.3) is 0 Å². The van der Waals surface area contributed by atoms with Gasteiger partial charge in [-0.05, 0) is 119 Å². The lowest BCUT2D eigenvalue weighted by molar-refractivity contribution is -0.254. The van der Waals surface area contributed by atoms with E-state index in [4.69, 9.17) is 9.47 Å². The van der Waals surface area contributed by atoms with Crippen molar-refractivity contribution >= 4 is 11.9 Å². The van der Waals surface area contributed by atoms with Crippen molar-refractivity contribution in [1.82, 2.24) is 0 Å². The summed E-state index contributed by atoms with van der Waals surface area (Å²) in [5, 5.41) is 0. The fourth-order valence-electron chi connectivity index (χ4n) is 12.3. The minimum absolute atomic E-state index is 0.00335. The number of carbonyl (C=O) groups excluding carboxylic acids is 2. The zero-order valence-electron chi connectivity index (χ0n) is 26.7. The molecule has 4 nitrogen and oxygen atoms in total. The Bertz CT molecular complexity index is 1070. The highest BCUT2D eigenvalue weighted by Crippen LogP contribution is 2.78. The molecule has 6 rings (SSSR count). The Morgan fingerprint density at radius 2 is 1.46 bits per heavy atom. The van der Waals surface area contributed by atoms with Gasteiger partial charge in [0.25, 0.3) is 0 Å². The number of hydrogen-bond acceptors (Lipinski definition) is 4. The Labute approximate surface area is 238 Å². The van der Waals surface area contributed by atoms with Crippen LogP contribution in [0.2, 0.25) is 0 Å². The SMILES string of the molecule is CC(C)(C)C(=O)O[C@H]1CC[C@]2(C)[C@H]3CC[C@@H]4[C@H]5[C@H]6OC(=O)[C@@]5(CCC6(C)C)CC[C@@]4(C)[C@]3(C)CC[C@H]2C1(C)C. The Hall–Kier alpha value is -1.06. The third-order valence-electron chi connectivity index (χ3n) is 14.9. The second-order valence-electron chi connectivity index (χ2n) is 18.2. The lowest BCUT2D eigenvalue weighted by Crippen LogP contribution is -2.68. The van der Waals surface area contributed by atoms with Crippen molar-refractivity contribution in [2.45, 2.75) is 146 Å². The number of carbonyl (C=O) groups is 2. The van der Waals surface area contributed by atoms with Gasteiger partial charge in [0.2, 0.25) is 0 Å². The molecule has 10 atom stereocenters. The van der Waals surface area contributed by atoms with E-state index in [0.717, 1.165) is 32.1 Å². The summed E-state index contributed by atoms with van der Waals surface area (Å²) in [5.74, 6) is 2.26. The van der Waals surface area contributed by atoms with Crippen LogP contribution in [0.15, 0.2) is 0 Å². The van der Waals surface area contributed by atoms with Crippen LogP contribution in [0.1, 0.15) is 133 Å². The second kappa shape index (κ2) is 8.06. The largest absolute Gasteiger partial charge is 0.461 e. The van der Waals surface area contributed by atoms with Gasteiger partial charge in [-0.3, -0.25) is 9.59 Å². The van der Waals surface area contributed by atoms with Crippen LogP contribution in [0.3, 0.4) is 0 Å². The summed E-state index contributed by atoms with van der Waals surface area (Å²) in [6, 6.07) is 0. The van der Waals surface area contributed by atoms with Crippen molar-refractivity contribution in [2.75, 3.05) is 0 Å². The molecule has 2 bridgehead atoms. The molecule has 0 radical (unpaired) electrons. The first kappa shape index (κ1) is 28.1. The molecule has 0 amide bonds. The average molecular weight is 541 g/mol. The summed E-state index contributed by atoms with van der Waals surface area (Å²) in [4.78, 5) is 26.4. The van der Waals surface area contributed by atoms with Crippen LogP contribution in [0.5, 0.6) is 0 Å². The second-order valence-corrected chi connectivity index (χ2v) is 18.2. The molecule has 0 aromatic heterocycles. The molecule has 0 aromatic carbocycles. The predicted molar refractivity (Wildman–Crippen MR) is 154 cm³/mol. The van der Waals surface area contributed by atoms with Gasteiger partial charge in [0.1, 0.15) is 12.2 Å². The Kier molecular flexibility index (Phi) is 5.80. The predicted octanol–water partition coefficient (Wildman–Crippen LogP) is 8.36. The van der Waals surface area contributed by atoms with E-state index in [2.05, 4.69) is 48.5 Å². The third kappa shape index (κ3) is 3.41. The molecule has 0 unspecified atom stereocenters. The average Bonchev–Trinajstić information content (AvgIpc) is 3.07. The van der Waals surface area contributed by atoms with Crippen LogP contribution < -0.4 is 0 Å². The summed E-state index contributed by atoms with van der Waals surface area (Å²) in [6.45, 7) is 23.3. The van der Waals surface area contributed by atoms with E-state index >= 15 is 0 Å². The van der Waals surface area contributed by atoms with E-state index in [1.165, 1.54) is 32.1 Å². The van der Waals surface area contributed by atoms with E-state index in [9.17, 15) is 9.59 Å². The van der Waals surface area contributed by atoms with Gasteiger partial charge in [-0.25, -0.2) is 0 Å². The highest BCUT2D eigenvalue weighted by atomic mass is 16.6. The van der Waals surface area contributed by atoms with Crippen molar-refractivity contribution in [2.24, 2.45) is 61.6 Å². The van der Waals surface area contributed by atoms with Gasteiger partial charge in [-0.1, -0.05) is 48.5 Å². The van der Waals surface area contributed by atoms with E-state index in [1.54, 1.807) is 0 Å². The van der Waals surface area contributed by atoms with Gasteiger partial charge < -0.3 is 9.47 Å². The Morgan fingerprint density at radius 1 is 0.795 bits per heavy atom. The molecule has 5 saturated carbocycles. The van der Waals surface area contributed by atoms with E-state index < -0.39 is 5.41 Å². The number of fused-ring (bicyclic) bond motifs is 5. The minimum Gasteiger partial charge on any atom is -0.461 e. The molecule has 6 fully saturated rings. The summed E-state index contributed by atoms with van der Waals surface area (Å²) >= 11 is 0. The van der Waals surface area contributed by atoms with Crippen molar-refractivity contribution in [1.29, 1.82) is 0 Å². The van der Waals surface area contributed by atoms with Gasteiger partial charge in [0, 0.05) is 16.7 Å². The van der Waals surface area contributed by atoms with Gasteiger partial charge >= 0.3 is 11.9 Å². The molecule has 39 heavy (non-hydrogen) atoms. The molecule has 6 aliphatic rings. The molecular formula is C35H56O4. The van der Waals surface area contributed by atoms with Crippen LogP contribution in [0.4, 0.5) is 0 Å². The van der Waals surface area contributed by atoms with Crippen LogP contribution in [-0.4, -0.2) is 24.1 Å². The van der Waals surface area contributed by atoms with Gasteiger partial charge in [-0.2, -0.15) is 0 Å². The number of rotatable bonds is 1. The molecule has 0 N–H and O–H groups in total. The molecule has 0 aromatic rings. The quantitative estimate of drug-likeness (QED) is 0.314. The molecule has 4 heteroatoms. The highest BCUT2D eigenvalue weighted by Gasteiger charge is 2.75. The number of hydrogen-bond donors (Lipinski definition) is 0. The normalized spacial score (nSPS) is 51.5. The zero-order valence-corrected chi connectivity index (χ0v) is 26.7. The first-order valence-corrected chi connectivity index (χ1v) is 16.3. The summed E-state index contributed by atoms with van der Waals surface area (Å²) < 4.78 is 12.6.